The lowest BCUT2D eigenvalue weighted by molar-refractivity contribution is -0.137. The highest BCUT2D eigenvalue weighted by atomic mass is 16.4. The number of hydrogen-bond acceptors (Lipinski definition) is 2. The van der Waals surface area contributed by atoms with Crippen LogP contribution < -0.4 is 0 Å². The number of aliphatic carboxylic acids is 1. The van der Waals surface area contributed by atoms with Crippen molar-refractivity contribution in [1.29, 1.82) is 0 Å². The van der Waals surface area contributed by atoms with E-state index in [4.69, 9.17) is 5.11 Å². The predicted octanol–water partition coefficient (Wildman–Crippen LogP) is -2.48. The Morgan fingerprint density at radius 1 is 1.27 bits per heavy atom. The van der Waals surface area contributed by atoms with Crippen molar-refractivity contribution in [2.24, 2.45) is 0 Å². The fourth-order valence-corrected chi connectivity index (χ4v) is 1.61. The third-order valence-electron chi connectivity index (χ3n) is 3.61. The summed E-state index contributed by atoms with van der Waals surface area (Å²) < 4.78 is 0. The average molecular weight is 207 g/mol. The highest BCUT2D eigenvalue weighted by Crippen LogP contribution is 2.26. The average Bonchev–Trinajstić information content (AvgIpc) is 2.11. The van der Waals surface area contributed by atoms with Crippen molar-refractivity contribution < 1.29 is 9.90 Å². The van der Waals surface area contributed by atoms with Crippen molar-refractivity contribution >= 4 is 37.5 Å². The Hall–Kier alpha value is -0.310. The minimum absolute atomic E-state index is 0.0753. The van der Waals surface area contributed by atoms with Gasteiger partial charge in [0.2, 0.25) is 0 Å². The van der Waals surface area contributed by atoms with Crippen LogP contribution in [0.4, 0.5) is 0 Å². The van der Waals surface area contributed by atoms with Crippen LogP contribution in [0.25, 0.3) is 0 Å². The van der Waals surface area contributed by atoms with Gasteiger partial charge in [0.05, 0.1) is 0 Å². The molecular formula is C8H21B4NO2. The van der Waals surface area contributed by atoms with Crippen LogP contribution in [0, 0.1) is 0 Å². The maximum absolute atomic E-state index is 10.9. The lowest BCUT2D eigenvalue weighted by Gasteiger charge is -2.42. The van der Waals surface area contributed by atoms with E-state index in [0.717, 1.165) is 0 Å². The molecule has 0 amide bonds. The van der Waals surface area contributed by atoms with Gasteiger partial charge in [-0.2, -0.15) is 0 Å². The van der Waals surface area contributed by atoms with E-state index in [0.29, 0.717) is 0 Å². The Balaban J connectivity index is 4.57. The molecule has 0 aromatic carbocycles. The molecule has 0 aliphatic rings. The first-order valence-corrected chi connectivity index (χ1v) is 5.54. The minimum Gasteiger partial charge on any atom is -0.482 e. The van der Waals surface area contributed by atoms with Gasteiger partial charge in [-0.1, -0.05) is 5.82 Å². The Labute approximate surface area is 96.6 Å². The Morgan fingerprint density at radius 2 is 1.67 bits per heavy atom. The lowest BCUT2D eigenvalue weighted by atomic mass is 9.57. The van der Waals surface area contributed by atoms with Gasteiger partial charge in [-0.15, -0.1) is 0 Å². The van der Waals surface area contributed by atoms with Crippen LogP contribution >= 0.6 is 0 Å². The first kappa shape index (κ1) is 14.7. The number of rotatable bonds is 4. The van der Waals surface area contributed by atoms with Crippen molar-refractivity contribution in [3.05, 3.63) is 0 Å². The van der Waals surface area contributed by atoms with E-state index >= 15 is 0 Å². The predicted molar refractivity (Wildman–Crippen MR) is 74.7 cm³/mol. The van der Waals surface area contributed by atoms with Crippen molar-refractivity contribution in [2.75, 3.05) is 0 Å². The Morgan fingerprint density at radius 3 is 1.93 bits per heavy atom. The molecule has 3 nitrogen and oxygen atoms in total. The maximum atomic E-state index is 10.9. The first-order chi connectivity index (χ1) is 6.59. The summed E-state index contributed by atoms with van der Waals surface area (Å²) in [6.45, 7) is 6.42. The summed E-state index contributed by atoms with van der Waals surface area (Å²) in [7, 11) is 7.93. The van der Waals surface area contributed by atoms with Gasteiger partial charge in [-0.05, 0) is 26.7 Å². The van der Waals surface area contributed by atoms with Crippen molar-refractivity contribution in [1.82, 2.24) is 4.81 Å². The molecule has 3 atom stereocenters. The van der Waals surface area contributed by atoms with Crippen molar-refractivity contribution in [3.63, 3.8) is 0 Å². The third-order valence-corrected chi connectivity index (χ3v) is 3.61. The van der Waals surface area contributed by atoms with Crippen molar-refractivity contribution in [3.8, 4) is 0 Å². The van der Waals surface area contributed by atoms with Crippen LogP contribution in [-0.2, 0) is 4.79 Å². The molecule has 0 aliphatic carbocycles. The molecular weight excluding hydrogens is 185 g/mol. The van der Waals surface area contributed by atoms with E-state index in [1.54, 1.807) is 7.85 Å². The second-order valence-electron chi connectivity index (χ2n) is 5.51. The summed E-state index contributed by atoms with van der Waals surface area (Å²) in [5.41, 5.74) is 0.0753. The first-order valence-electron chi connectivity index (χ1n) is 5.54. The standard InChI is InChI=1S/C8H21B4NO2/c1-8(2,3)13(12)6(11)4(9)5(10)7(14)15/h4-6H,9-12H2,1-3H3,(H,14,15). The molecule has 0 heterocycles. The Bertz CT molecular complexity index is 231. The quantitative estimate of drug-likeness (QED) is 0.518. The van der Waals surface area contributed by atoms with Crippen LogP contribution in [0.2, 0.25) is 11.6 Å². The van der Waals surface area contributed by atoms with E-state index in [1.165, 1.54) is 0 Å². The van der Waals surface area contributed by atoms with Gasteiger partial charge in [0.25, 0.3) is 5.97 Å². The molecule has 0 aliphatic heterocycles. The normalized spacial score (nSPS) is 18.4. The molecule has 0 rings (SSSR count). The largest absolute Gasteiger partial charge is 0.482 e. The van der Waals surface area contributed by atoms with Gasteiger partial charge in [0, 0.05) is 11.4 Å². The number of carbonyl (C=O) groups is 1. The summed E-state index contributed by atoms with van der Waals surface area (Å²) in [6, 6.07) is 0. The maximum Gasteiger partial charge on any atom is 0.297 e. The van der Waals surface area contributed by atoms with E-state index in [-0.39, 0.29) is 23.1 Å². The minimum atomic E-state index is -0.711. The molecule has 7 heteroatoms. The molecule has 0 spiro atoms. The second kappa shape index (κ2) is 5.15. The van der Waals surface area contributed by atoms with Crippen LogP contribution in [-0.4, -0.2) is 58.9 Å². The smallest absolute Gasteiger partial charge is 0.297 e. The number of carboxylic acid groups (broad SMARTS) is 1. The molecule has 3 unspecified atom stereocenters. The molecule has 0 aromatic rings. The number of hydrogen-bond donors (Lipinski definition) is 1. The van der Waals surface area contributed by atoms with Gasteiger partial charge in [-0.25, -0.2) is 0 Å². The van der Waals surface area contributed by atoms with Gasteiger partial charge < -0.3 is 9.92 Å². The summed E-state index contributed by atoms with van der Waals surface area (Å²) in [6.07, 6.45) is 0. The van der Waals surface area contributed by atoms with Crippen LogP contribution in [0.15, 0.2) is 0 Å². The molecule has 0 bridgehead atoms. The zero-order valence-electron chi connectivity index (χ0n) is 11.0. The van der Waals surface area contributed by atoms with Gasteiger partial charge in [-0.3, -0.25) is 4.79 Å². The van der Waals surface area contributed by atoms with Crippen LogP contribution in [0.3, 0.4) is 0 Å². The molecule has 82 valence electrons. The summed E-state index contributed by atoms with van der Waals surface area (Å²) in [5.74, 6) is -0.607. The second-order valence-corrected chi connectivity index (χ2v) is 5.51. The molecule has 1 N–H and O–H groups in total. The molecule has 0 radical (unpaired) electrons. The summed E-state index contributed by atoms with van der Waals surface area (Å²) in [5, 5.41) is 8.97. The van der Waals surface area contributed by atoms with E-state index < -0.39 is 5.97 Å². The lowest BCUT2D eigenvalue weighted by Crippen LogP contribution is -2.49. The number of nitrogens with zero attached hydrogens (tertiary/aromatic N) is 1. The van der Waals surface area contributed by atoms with E-state index in [9.17, 15) is 4.79 Å². The fourth-order valence-electron chi connectivity index (χ4n) is 1.61. The molecule has 0 saturated heterocycles. The molecule has 0 aromatic heterocycles. The van der Waals surface area contributed by atoms with Gasteiger partial charge in [0.15, 0.2) is 7.98 Å². The highest BCUT2D eigenvalue weighted by molar-refractivity contribution is 6.32. The monoisotopic (exact) mass is 207 g/mol. The van der Waals surface area contributed by atoms with Gasteiger partial charge >= 0.3 is 0 Å². The molecule has 15 heavy (non-hydrogen) atoms. The SMILES string of the molecule is BC(C(=O)O)C(B)C(B)N(B)C(C)(C)C. The van der Waals surface area contributed by atoms with E-state index in [2.05, 4.69) is 41.4 Å². The van der Waals surface area contributed by atoms with Crippen LogP contribution in [0.5, 0.6) is 0 Å². The summed E-state index contributed by atoms with van der Waals surface area (Å²) >= 11 is 0. The number of carboxylic acids is 1. The van der Waals surface area contributed by atoms with Crippen LogP contribution in [0.1, 0.15) is 20.8 Å². The topological polar surface area (TPSA) is 40.5 Å². The van der Waals surface area contributed by atoms with Gasteiger partial charge in [0.1, 0.15) is 23.5 Å². The van der Waals surface area contributed by atoms with Crippen molar-refractivity contribution in [2.45, 2.75) is 43.9 Å². The zero-order valence-corrected chi connectivity index (χ0v) is 11.0. The molecule has 0 fully saturated rings. The van der Waals surface area contributed by atoms with E-state index in [1.807, 2.05) is 7.85 Å². The fraction of sp³-hybridized carbons (Fsp3) is 0.875. The summed E-state index contributed by atoms with van der Waals surface area (Å²) in [4.78, 5) is 13.1. The Kier molecular flexibility index (Phi) is 5.04. The highest BCUT2D eigenvalue weighted by Gasteiger charge is 2.30. The third kappa shape index (κ3) is 3.98. The molecule has 0 saturated carbocycles. The zero-order chi connectivity index (χ0) is 12.4.